The van der Waals surface area contributed by atoms with Crippen LogP contribution >= 0.6 is 15.9 Å². The number of aldehydes is 1. The third-order valence-electron chi connectivity index (χ3n) is 4.24. The number of aromatic nitrogens is 2. The lowest BCUT2D eigenvalue weighted by Gasteiger charge is -2.36. The Bertz CT molecular complexity index is 771. The summed E-state index contributed by atoms with van der Waals surface area (Å²) >= 11 is 3.43. The third kappa shape index (κ3) is 2.57. The van der Waals surface area contributed by atoms with Crippen LogP contribution in [0.15, 0.2) is 22.9 Å². The molecule has 6 heteroatoms. The summed E-state index contributed by atoms with van der Waals surface area (Å²) in [5, 5.41) is 10.3. The highest BCUT2D eigenvalue weighted by Gasteiger charge is 2.28. The molecule has 0 aliphatic carbocycles. The van der Waals surface area contributed by atoms with E-state index in [-0.39, 0.29) is 11.8 Å². The van der Waals surface area contributed by atoms with Gasteiger partial charge in [0.2, 0.25) is 0 Å². The lowest BCUT2D eigenvalue weighted by Crippen LogP contribution is -2.40. The second-order valence-electron chi connectivity index (χ2n) is 5.67. The van der Waals surface area contributed by atoms with Crippen molar-refractivity contribution >= 4 is 38.9 Å². The van der Waals surface area contributed by atoms with E-state index >= 15 is 0 Å². The normalized spacial score (nSPS) is 21.6. The van der Waals surface area contributed by atoms with E-state index in [1.165, 1.54) is 0 Å². The number of nitriles is 1. The monoisotopic (exact) mass is 358 g/mol. The first-order valence-corrected chi connectivity index (χ1v) is 7.98. The molecular formula is C16H15BrN4O. The van der Waals surface area contributed by atoms with Gasteiger partial charge in [-0.1, -0.05) is 6.92 Å². The number of piperidine rings is 1. The van der Waals surface area contributed by atoms with Gasteiger partial charge in [0.05, 0.1) is 11.3 Å². The summed E-state index contributed by atoms with van der Waals surface area (Å²) < 4.78 is 0.856. The second-order valence-corrected chi connectivity index (χ2v) is 6.58. The number of hydrogen-bond acceptors (Lipinski definition) is 5. The average Bonchev–Trinajstić information content (AvgIpc) is 2.53. The third-order valence-corrected chi connectivity index (χ3v) is 4.68. The summed E-state index contributed by atoms with van der Waals surface area (Å²) in [7, 11) is 0. The van der Waals surface area contributed by atoms with Crippen molar-refractivity contribution in [1.29, 1.82) is 5.26 Å². The van der Waals surface area contributed by atoms with Crippen LogP contribution in [0.5, 0.6) is 0 Å². The van der Waals surface area contributed by atoms with Crippen LogP contribution in [0, 0.1) is 23.2 Å². The highest BCUT2D eigenvalue weighted by atomic mass is 79.9. The van der Waals surface area contributed by atoms with Crippen molar-refractivity contribution < 1.29 is 4.79 Å². The summed E-state index contributed by atoms with van der Waals surface area (Å²) in [4.78, 5) is 21.9. The van der Waals surface area contributed by atoms with E-state index in [1.807, 2.05) is 6.07 Å². The number of pyridine rings is 2. The van der Waals surface area contributed by atoms with Crippen molar-refractivity contribution in [3.63, 3.8) is 0 Å². The zero-order valence-corrected chi connectivity index (χ0v) is 13.7. The van der Waals surface area contributed by atoms with Crippen molar-refractivity contribution in [1.82, 2.24) is 9.97 Å². The molecule has 0 bridgehead atoms. The number of halogens is 1. The van der Waals surface area contributed by atoms with Gasteiger partial charge in [-0.05, 0) is 34.3 Å². The fraction of sp³-hybridized carbons (Fsp3) is 0.375. The van der Waals surface area contributed by atoms with E-state index in [4.69, 9.17) is 0 Å². The van der Waals surface area contributed by atoms with Gasteiger partial charge in [-0.25, -0.2) is 9.97 Å². The number of carbonyl (C=O) groups excluding carboxylic acids is 1. The minimum atomic E-state index is 0.0970. The molecule has 1 fully saturated rings. The molecule has 0 amide bonds. The largest absolute Gasteiger partial charge is 0.370 e. The van der Waals surface area contributed by atoms with Crippen molar-refractivity contribution in [2.75, 3.05) is 18.0 Å². The Morgan fingerprint density at radius 2 is 2.23 bits per heavy atom. The first-order chi connectivity index (χ1) is 10.6. The number of anilines is 1. The Kier molecular flexibility index (Phi) is 4.08. The number of rotatable bonds is 2. The molecule has 1 saturated heterocycles. The van der Waals surface area contributed by atoms with Crippen LogP contribution in [-0.4, -0.2) is 29.3 Å². The van der Waals surface area contributed by atoms with E-state index in [0.29, 0.717) is 11.2 Å². The van der Waals surface area contributed by atoms with Gasteiger partial charge >= 0.3 is 0 Å². The van der Waals surface area contributed by atoms with E-state index in [2.05, 4.69) is 43.8 Å². The molecule has 0 saturated carbocycles. The molecule has 1 aliphatic rings. The Morgan fingerprint density at radius 3 is 2.91 bits per heavy atom. The molecule has 2 aromatic heterocycles. The molecule has 0 radical (unpaired) electrons. The standard InChI is InChI=1S/C16H15BrN4O/c1-10-8-21(3-2-11(10)9-22)15-12(5-18)6-19-16-14(15)4-13(17)7-20-16/h4,6-7,9-11H,2-3,8H2,1H3. The summed E-state index contributed by atoms with van der Waals surface area (Å²) in [6.07, 6.45) is 5.14. The molecule has 2 aromatic rings. The lowest BCUT2D eigenvalue weighted by molar-refractivity contribution is -0.112. The first-order valence-electron chi connectivity index (χ1n) is 7.18. The molecule has 0 spiro atoms. The van der Waals surface area contributed by atoms with Crippen LogP contribution in [0.25, 0.3) is 11.0 Å². The predicted molar refractivity (Wildman–Crippen MR) is 87.5 cm³/mol. The molecule has 112 valence electrons. The average molecular weight is 359 g/mol. The Balaban J connectivity index is 2.11. The van der Waals surface area contributed by atoms with Crippen LogP contribution in [0.2, 0.25) is 0 Å². The molecule has 3 heterocycles. The number of fused-ring (bicyclic) bond motifs is 1. The van der Waals surface area contributed by atoms with Gasteiger partial charge in [0.25, 0.3) is 0 Å². The van der Waals surface area contributed by atoms with Crippen LogP contribution in [0.3, 0.4) is 0 Å². The van der Waals surface area contributed by atoms with Gasteiger partial charge < -0.3 is 9.69 Å². The molecule has 0 N–H and O–H groups in total. The fourth-order valence-electron chi connectivity index (χ4n) is 3.03. The quantitative estimate of drug-likeness (QED) is 0.771. The van der Waals surface area contributed by atoms with Crippen molar-refractivity contribution in [2.24, 2.45) is 11.8 Å². The number of nitrogens with zero attached hydrogens (tertiary/aromatic N) is 4. The van der Waals surface area contributed by atoms with Crippen LogP contribution in [0.1, 0.15) is 18.9 Å². The molecule has 3 rings (SSSR count). The Labute approximate surface area is 137 Å². The van der Waals surface area contributed by atoms with E-state index in [9.17, 15) is 10.1 Å². The van der Waals surface area contributed by atoms with Gasteiger partial charge in [-0.2, -0.15) is 5.26 Å². The van der Waals surface area contributed by atoms with Crippen molar-refractivity contribution in [2.45, 2.75) is 13.3 Å². The maximum Gasteiger partial charge on any atom is 0.161 e. The summed E-state index contributed by atoms with van der Waals surface area (Å²) in [5.41, 5.74) is 2.05. The van der Waals surface area contributed by atoms with Gasteiger partial charge in [0.1, 0.15) is 12.4 Å². The summed E-state index contributed by atoms with van der Waals surface area (Å²) in [5.74, 6) is 0.362. The van der Waals surface area contributed by atoms with Crippen LogP contribution in [-0.2, 0) is 4.79 Å². The van der Waals surface area contributed by atoms with E-state index in [1.54, 1.807) is 12.4 Å². The Hall–Kier alpha value is -2.00. The topological polar surface area (TPSA) is 69.9 Å². The van der Waals surface area contributed by atoms with Gasteiger partial charge in [0.15, 0.2) is 5.65 Å². The zero-order valence-electron chi connectivity index (χ0n) is 12.2. The fourth-order valence-corrected chi connectivity index (χ4v) is 3.36. The molecule has 2 unspecified atom stereocenters. The molecule has 1 aliphatic heterocycles. The van der Waals surface area contributed by atoms with Crippen LogP contribution in [0.4, 0.5) is 5.69 Å². The van der Waals surface area contributed by atoms with Crippen LogP contribution < -0.4 is 4.90 Å². The van der Waals surface area contributed by atoms with Gasteiger partial charge in [0, 0.05) is 41.3 Å². The minimum Gasteiger partial charge on any atom is -0.370 e. The van der Waals surface area contributed by atoms with Crippen molar-refractivity contribution in [3.8, 4) is 6.07 Å². The Morgan fingerprint density at radius 1 is 1.45 bits per heavy atom. The zero-order chi connectivity index (χ0) is 15.7. The number of hydrogen-bond donors (Lipinski definition) is 0. The molecule has 5 nitrogen and oxygen atoms in total. The van der Waals surface area contributed by atoms with E-state index in [0.717, 1.165) is 41.3 Å². The second kappa shape index (κ2) is 6.01. The highest BCUT2D eigenvalue weighted by molar-refractivity contribution is 9.10. The maximum absolute atomic E-state index is 11.1. The molecule has 22 heavy (non-hydrogen) atoms. The smallest absolute Gasteiger partial charge is 0.161 e. The van der Waals surface area contributed by atoms with Crippen molar-refractivity contribution in [3.05, 3.63) is 28.5 Å². The maximum atomic E-state index is 11.1. The number of carbonyl (C=O) groups is 1. The van der Waals surface area contributed by atoms with Gasteiger partial charge in [-0.3, -0.25) is 0 Å². The molecule has 0 aromatic carbocycles. The first kappa shape index (κ1) is 14.9. The SMILES string of the molecule is CC1CN(c2c(C#N)cnc3ncc(Br)cc23)CCC1C=O. The lowest BCUT2D eigenvalue weighted by atomic mass is 9.87. The molecular weight excluding hydrogens is 344 g/mol. The van der Waals surface area contributed by atoms with Gasteiger partial charge in [-0.15, -0.1) is 0 Å². The predicted octanol–water partition coefficient (Wildman–Crippen LogP) is 2.93. The summed E-state index contributed by atoms with van der Waals surface area (Å²) in [6.45, 7) is 3.59. The van der Waals surface area contributed by atoms with E-state index < -0.39 is 0 Å². The highest BCUT2D eigenvalue weighted by Crippen LogP contribution is 2.34. The molecule has 2 atom stereocenters. The minimum absolute atomic E-state index is 0.0970. The summed E-state index contributed by atoms with van der Waals surface area (Å²) in [6, 6.07) is 4.17.